The maximum absolute atomic E-state index is 14.2. The summed E-state index contributed by atoms with van der Waals surface area (Å²) in [6.45, 7) is 1.73. The van der Waals surface area contributed by atoms with E-state index < -0.39 is 64.4 Å². The van der Waals surface area contributed by atoms with Gasteiger partial charge >= 0.3 is 0 Å². The Morgan fingerprint density at radius 2 is 1.67 bits per heavy atom. The smallest absolute Gasteiger partial charge is 0.235 e. The van der Waals surface area contributed by atoms with Gasteiger partial charge in [-0.05, 0) is 55.6 Å². The van der Waals surface area contributed by atoms with Gasteiger partial charge in [0.25, 0.3) is 0 Å². The molecular weight excluding hydrogens is 552 g/mol. The Balaban J connectivity index is 1.42. The number of nitrogens with zero attached hydrogens (tertiary/aromatic N) is 3. The van der Waals surface area contributed by atoms with Crippen LogP contribution < -0.4 is 10.6 Å². The van der Waals surface area contributed by atoms with E-state index in [1.165, 1.54) is 16.0 Å². The highest BCUT2D eigenvalue weighted by atomic mass is 16.3. The van der Waals surface area contributed by atoms with E-state index in [2.05, 4.69) is 17.0 Å². The SMILES string of the molecule is CN(C)c1cc(CN2Cc3ccccc3C2)c(O)c2c1CC1CC3C(N(C)C)C(=O)C(C(N)=O)C(=O)C3(O)C(=O)C1C2=O. The number of rotatable bonds is 5. The van der Waals surface area contributed by atoms with E-state index in [1.807, 2.05) is 37.2 Å². The average Bonchev–Trinajstić information content (AvgIpc) is 3.34. The first-order chi connectivity index (χ1) is 20.3. The third kappa shape index (κ3) is 4.16. The number of nitrogens with two attached hydrogens (primary N) is 1. The van der Waals surface area contributed by atoms with Gasteiger partial charge in [-0.25, -0.2) is 0 Å². The molecule has 0 spiro atoms. The number of ketones is 4. The summed E-state index contributed by atoms with van der Waals surface area (Å²) >= 11 is 0. The molecule has 2 aromatic rings. The van der Waals surface area contributed by atoms with E-state index in [0.29, 0.717) is 30.8 Å². The van der Waals surface area contributed by atoms with Gasteiger partial charge in [0, 0.05) is 50.9 Å². The summed E-state index contributed by atoms with van der Waals surface area (Å²) in [5.74, 6) is -10.4. The molecule has 2 saturated carbocycles. The number of phenols is 1. The van der Waals surface area contributed by atoms with E-state index in [0.717, 1.165) is 5.69 Å². The van der Waals surface area contributed by atoms with Gasteiger partial charge in [-0.3, -0.25) is 33.8 Å². The zero-order chi connectivity index (χ0) is 31.1. The lowest BCUT2D eigenvalue weighted by atomic mass is 9.52. The van der Waals surface area contributed by atoms with Gasteiger partial charge in [-0.1, -0.05) is 24.3 Å². The molecule has 226 valence electrons. The van der Waals surface area contributed by atoms with Crippen molar-refractivity contribution in [2.75, 3.05) is 33.1 Å². The number of hydrogen-bond donors (Lipinski definition) is 3. The predicted molar refractivity (Wildman–Crippen MR) is 155 cm³/mol. The van der Waals surface area contributed by atoms with E-state index in [1.54, 1.807) is 14.1 Å². The van der Waals surface area contributed by atoms with Crippen LogP contribution >= 0.6 is 0 Å². The number of benzene rings is 2. The molecule has 6 rings (SSSR count). The molecular formula is C32H36N4O7. The van der Waals surface area contributed by atoms with Crippen LogP contribution in [0.4, 0.5) is 5.69 Å². The summed E-state index contributed by atoms with van der Waals surface area (Å²) in [7, 11) is 6.82. The Hall–Kier alpha value is -3.93. The summed E-state index contributed by atoms with van der Waals surface area (Å²) in [5.41, 5.74) is 6.93. The van der Waals surface area contributed by atoms with Crippen molar-refractivity contribution in [2.45, 2.75) is 44.1 Å². The van der Waals surface area contributed by atoms with Crippen LogP contribution in [0.15, 0.2) is 30.3 Å². The van der Waals surface area contributed by atoms with Gasteiger partial charge in [0.05, 0.1) is 17.5 Å². The van der Waals surface area contributed by atoms with Crippen LogP contribution in [0, 0.1) is 23.7 Å². The molecule has 1 amide bonds. The summed E-state index contributed by atoms with van der Waals surface area (Å²) in [6.07, 6.45) is 0.244. The number of aromatic hydroxyl groups is 1. The number of hydrogen-bond acceptors (Lipinski definition) is 10. The number of phenolic OH excluding ortho intramolecular Hbond substituents is 1. The zero-order valence-electron chi connectivity index (χ0n) is 24.7. The Morgan fingerprint density at radius 1 is 1.05 bits per heavy atom. The Kier molecular flexibility index (Phi) is 6.83. The molecule has 11 heteroatoms. The largest absolute Gasteiger partial charge is 0.507 e. The molecule has 0 bridgehead atoms. The van der Waals surface area contributed by atoms with E-state index in [4.69, 9.17) is 5.73 Å². The summed E-state index contributed by atoms with van der Waals surface area (Å²) in [6, 6.07) is 8.84. The highest BCUT2D eigenvalue weighted by Crippen LogP contribution is 2.52. The first kappa shape index (κ1) is 29.2. The molecule has 6 unspecified atom stereocenters. The van der Waals surface area contributed by atoms with Crippen molar-refractivity contribution in [1.29, 1.82) is 0 Å². The monoisotopic (exact) mass is 588 g/mol. The fraction of sp³-hybridized carbons (Fsp3) is 0.469. The number of carbonyl (C=O) groups is 5. The second-order valence-corrected chi connectivity index (χ2v) is 12.9. The average molecular weight is 589 g/mol. The summed E-state index contributed by atoms with van der Waals surface area (Å²) < 4.78 is 0. The highest BCUT2D eigenvalue weighted by molar-refractivity contribution is 6.32. The molecule has 4 aliphatic rings. The molecule has 1 aliphatic heterocycles. The minimum Gasteiger partial charge on any atom is -0.507 e. The molecule has 0 aromatic heterocycles. The number of primary amides is 1. The van der Waals surface area contributed by atoms with Crippen molar-refractivity contribution < 1.29 is 34.2 Å². The molecule has 0 radical (unpaired) electrons. The number of likely N-dealkylation sites (N-methyl/N-ethyl adjacent to an activating group) is 1. The lowest BCUT2D eigenvalue weighted by Gasteiger charge is -2.52. The Labute approximate surface area is 249 Å². The van der Waals surface area contributed by atoms with Gasteiger partial charge in [0.15, 0.2) is 34.7 Å². The van der Waals surface area contributed by atoms with Gasteiger partial charge in [0.1, 0.15) is 5.75 Å². The Morgan fingerprint density at radius 3 is 2.23 bits per heavy atom. The molecule has 43 heavy (non-hydrogen) atoms. The molecule has 2 aromatic carbocycles. The molecule has 3 aliphatic carbocycles. The standard InChI is InChI=1S/C32H36N4O7/c1-34(2)21-11-18(14-36-12-15-7-5-6-8-16(15)13-36)26(37)23-19(21)9-17-10-20-25(35(3)4)28(39)24(31(33)42)30(41)32(20,43)29(40)22(17)27(23)38/h5-8,11,17,20,22,24-25,37,43H,9-10,12-14H2,1-4H3,(H2,33,42). The molecule has 4 N–H and O–H groups in total. The lowest BCUT2D eigenvalue weighted by molar-refractivity contribution is -0.181. The van der Waals surface area contributed by atoms with Crippen molar-refractivity contribution in [3.63, 3.8) is 0 Å². The predicted octanol–water partition coefficient (Wildman–Crippen LogP) is 0.449. The summed E-state index contributed by atoms with van der Waals surface area (Å²) in [4.78, 5) is 72.9. The van der Waals surface area contributed by atoms with Crippen LogP contribution in [0.25, 0.3) is 0 Å². The quantitative estimate of drug-likeness (QED) is 0.418. The third-order valence-corrected chi connectivity index (χ3v) is 9.90. The van der Waals surface area contributed by atoms with Crippen LogP contribution in [0.5, 0.6) is 5.75 Å². The van der Waals surface area contributed by atoms with Crippen molar-refractivity contribution in [3.05, 3.63) is 58.1 Å². The minimum absolute atomic E-state index is 0.0181. The number of anilines is 1. The van der Waals surface area contributed by atoms with E-state index in [-0.39, 0.29) is 24.2 Å². The number of amides is 1. The molecule has 6 atom stereocenters. The van der Waals surface area contributed by atoms with Crippen LogP contribution in [-0.4, -0.2) is 88.9 Å². The molecule has 0 saturated heterocycles. The fourth-order valence-corrected chi connectivity index (χ4v) is 7.98. The van der Waals surface area contributed by atoms with Gasteiger partial charge in [-0.15, -0.1) is 0 Å². The summed E-state index contributed by atoms with van der Waals surface area (Å²) in [5, 5.41) is 23.4. The number of Topliss-reactive ketones (excluding diaryl/α,β-unsaturated/α-hetero) is 4. The molecule has 2 fully saturated rings. The lowest BCUT2D eigenvalue weighted by Crippen LogP contribution is -2.74. The normalized spacial score (nSPS) is 30.1. The maximum atomic E-state index is 14.2. The van der Waals surface area contributed by atoms with Crippen LogP contribution in [0.3, 0.4) is 0 Å². The van der Waals surface area contributed by atoms with Crippen LogP contribution in [0.2, 0.25) is 0 Å². The van der Waals surface area contributed by atoms with Crippen molar-refractivity contribution >= 4 is 34.7 Å². The van der Waals surface area contributed by atoms with Gasteiger partial charge in [-0.2, -0.15) is 0 Å². The topological polar surface area (TPSA) is 162 Å². The second-order valence-electron chi connectivity index (χ2n) is 12.9. The van der Waals surface area contributed by atoms with Gasteiger partial charge < -0.3 is 20.8 Å². The third-order valence-electron chi connectivity index (χ3n) is 9.90. The highest BCUT2D eigenvalue weighted by Gasteiger charge is 2.69. The molecule has 1 heterocycles. The van der Waals surface area contributed by atoms with Crippen molar-refractivity contribution in [3.8, 4) is 5.75 Å². The maximum Gasteiger partial charge on any atom is 0.235 e. The molecule has 11 nitrogen and oxygen atoms in total. The van der Waals surface area contributed by atoms with E-state index >= 15 is 0 Å². The second kappa shape index (κ2) is 10.1. The minimum atomic E-state index is -2.74. The number of carbonyl (C=O) groups excluding carboxylic acids is 5. The number of aliphatic hydroxyl groups is 1. The first-order valence-corrected chi connectivity index (χ1v) is 14.5. The zero-order valence-corrected chi connectivity index (χ0v) is 24.7. The number of fused-ring (bicyclic) bond motifs is 4. The fourth-order valence-electron chi connectivity index (χ4n) is 7.98. The Bertz CT molecular complexity index is 1580. The van der Waals surface area contributed by atoms with E-state index in [9.17, 15) is 34.2 Å². The van der Waals surface area contributed by atoms with Crippen molar-refractivity contribution in [1.82, 2.24) is 9.80 Å². The van der Waals surface area contributed by atoms with Crippen LogP contribution in [0.1, 0.15) is 39.0 Å². The first-order valence-electron chi connectivity index (χ1n) is 14.5. The van der Waals surface area contributed by atoms with Crippen molar-refractivity contribution in [2.24, 2.45) is 29.4 Å². The van der Waals surface area contributed by atoms with Crippen LogP contribution in [-0.2, 0) is 45.2 Å². The van der Waals surface area contributed by atoms with Gasteiger partial charge in [0.2, 0.25) is 5.91 Å².